The minimum absolute atomic E-state index is 0.0234. The van der Waals surface area contributed by atoms with Crippen molar-refractivity contribution in [2.75, 3.05) is 0 Å². The normalized spacial score (nSPS) is 11.5. The first-order valence-corrected chi connectivity index (χ1v) is 6.85. The van der Waals surface area contributed by atoms with E-state index >= 15 is 0 Å². The molecule has 20 heavy (non-hydrogen) atoms. The Balaban J connectivity index is 2.43. The molecule has 106 valence electrons. The fourth-order valence-electron chi connectivity index (χ4n) is 1.53. The molecule has 0 atom stereocenters. The molecule has 0 amide bonds. The van der Waals surface area contributed by atoms with Crippen molar-refractivity contribution >= 4 is 31.9 Å². The van der Waals surface area contributed by atoms with E-state index in [-0.39, 0.29) is 10.2 Å². The fraction of sp³-hybridized carbons (Fsp3) is 0.0769. The molecule has 0 unspecified atom stereocenters. The lowest BCUT2D eigenvalue weighted by molar-refractivity contribution is -0.138. The van der Waals surface area contributed by atoms with Crippen molar-refractivity contribution < 1.29 is 22.3 Å². The van der Waals surface area contributed by atoms with Crippen molar-refractivity contribution in [3.63, 3.8) is 0 Å². The summed E-state index contributed by atoms with van der Waals surface area (Å²) in [6, 6.07) is 7.06. The molecule has 0 radical (unpaired) electrons. The molecule has 0 N–H and O–H groups in total. The highest BCUT2D eigenvalue weighted by molar-refractivity contribution is 9.10. The molecule has 7 heteroatoms. The average Bonchev–Trinajstić information content (AvgIpc) is 2.28. The van der Waals surface area contributed by atoms with Gasteiger partial charge in [0.2, 0.25) is 0 Å². The molecule has 0 aliphatic heterocycles. The number of ether oxygens (including phenoxy) is 1. The fourth-order valence-corrected chi connectivity index (χ4v) is 2.33. The van der Waals surface area contributed by atoms with Crippen LogP contribution in [0.5, 0.6) is 11.5 Å². The molecular formula is C13H6Br2F4O. The largest absolute Gasteiger partial charge is 0.457 e. The third-order valence-electron chi connectivity index (χ3n) is 2.31. The Kier molecular flexibility index (Phi) is 4.39. The second-order valence-electron chi connectivity index (χ2n) is 3.85. The van der Waals surface area contributed by atoms with Gasteiger partial charge in [-0.15, -0.1) is 0 Å². The molecule has 0 fully saturated rings. The van der Waals surface area contributed by atoms with E-state index in [0.717, 1.165) is 12.1 Å². The van der Waals surface area contributed by atoms with Crippen molar-refractivity contribution in [2.45, 2.75) is 6.18 Å². The average molecular weight is 414 g/mol. The molecule has 0 aromatic heterocycles. The van der Waals surface area contributed by atoms with E-state index in [0.29, 0.717) is 4.47 Å². The lowest BCUT2D eigenvalue weighted by Gasteiger charge is -2.14. The highest BCUT2D eigenvalue weighted by Gasteiger charge is 2.34. The predicted octanol–water partition coefficient (Wildman–Crippen LogP) is 6.16. The van der Waals surface area contributed by atoms with Crippen molar-refractivity contribution in [1.29, 1.82) is 0 Å². The molecule has 0 aliphatic rings. The van der Waals surface area contributed by atoms with Crippen molar-refractivity contribution in [3.05, 3.63) is 56.7 Å². The number of halogens is 6. The van der Waals surface area contributed by atoms with Crippen LogP contribution in [0, 0.1) is 5.82 Å². The Hall–Kier alpha value is -1.08. The highest BCUT2D eigenvalue weighted by atomic mass is 79.9. The van der Waals surface area contributed by atoms with Gasteiger partial charge in [-0.05, 0) is 30.3 Å². The van der Waals surface area contributed by atoms with Crippen LogP contribution in [0.15, 0.2) is 45.3 Å². The maximum atomic E-state index is 13.2. The molecule has 0 aliphatic carbocycles. The zero-order valence-electron chi connectivity index (χ0n) is 9.64. The smallest absolute Gasteiger partial charge is 0.420 e. The highest BCUT2D eigenvalue weighted by Crippen LogP contribution is 2.40. The van der Waals surface area contributed by atoms with E-state index in [1.807, 2.05) is 0 Å². The van der Waals surface area contributed by atoms with Crippen LogP contribution in [0.2, 0.25) is 0 Å². The number of rotatable bonds is 2. The zero-order chi connectivity index (χ0) is 14.9. The van der Waals surface area contributed by atoms with E-state index in [2.05, 4.69) is 31.9 Å². The van der Waals surface area contributed by atoms with Gasteiger partial charge in [0.25, 0.3) is 0 Å². The Bertz CT molecular complexity index is 621. The van der Waals surface area contributed by atoms with Crippen LogP contribution in [-0.2, 0) is 6.18 Å². The van der Waals surface area contributed by atoms with Crippen molar-refractivity contribution in [3.8, 4) is 11.5 Å². The van der Waals surface area contributed by atoms with Gasteiger partial charge in [-0.1, -0.05) is 31.9 Å². The van der Waals surface area contributed by atoms with E-state index in [1.54, 1.807) is 0 Å². The van der Waals surface area contributed by atoms with E-state index < -0.39 is 23.3 Å². The first-order valence-electron chi connectivity index (χ1n) is 5.26. The molecule has 2 rings (SSSR count). The third-order valence-corrected chi connectivity index (χ3v) is 3.26. The minimum atomic E-state index is -4.57. The van der Waals surface area contributed by atoms with E-state index in [4.69, 9.17) is 4.74 Å². The lowest BCUT2D eigenvalue weighted by Crippen LogP contribution is -2.07. The summed E-state index contributed by atoms with van der Waals surface area (Å²) in [6.45, 7) is 0. The van der Waals surface area contributed by atoms with Gasteiger partial charge in [0.05, 0.1) is 5.56 Å². The Labute approximate surface area is 128 Å². The Morgan fingerprint density at radius 2 is 1.60 bits per heavy atom. The Morgan fingerprint density at radius 1 is 0.900 bits per heavy atom. The minimum Gasteiger partial charge on any atom is -0.457 e. The summed E-state index contributed by atoms with van der Waals surface area (Å²) in [5.74, 6) is -1.03. The maximum absolute atomic E-state index is 13.2. The number of hydrogen-bond acceptors (Lipinski definition) is 1. The van der Waals surface area contributed by atoms with Gasteiger partial charge in [-0.25, -0.2) is 4.39 Å². The van der Waals surface area contributed by atoms with Crippen LogP contribution in [0.25, 0.3) is 0 Å². The van der Waals surface area contributed by atoms with Crippen molar-refractivity contribution in [1.82, 2.24) is 0 Å². The van der Waals surface area contributed by atoms with Crippen LogP contribution in [-0.4, -0.2) is 0 Å². The molecule has 0 heterocycles. The molecule has 0 bridgehead atoms. The second kappa shape index (κ2) is 5.73. The number of alkyl halides is 3. The van der Waals surface area contributed by atoms with Gasteiger partial charge in [-0.2, -0.15) is 13.2 Å². The predicted molar refractivity (Wildman–Crippen MR) is 73.3 cm³/mol. The summed E-state index contributed by atoms with van der Waals surface area (Å²) in [6.07, 6.45) is -4.57. The molecule has 2 aromatic rings. The summed E-state index contributed by atoms with van der Waals surface area (Å²) >= 11 is 6.02. The monoisotopic (exact) mass is 412 g/mol. The molecular weight excluding hydrogens is 408 g/mol. The lowest BCUT2D eigenvalue weighted by atomic mass is 10.2. The van der Waals surface area contributed by atoms with Crippen LogP contribution in [0.4, 0.5) is 17.6 Å². The van der Waals surface area contributed by atoms with Gasteiger partial charge < -0.3 is 4.74 Å². The van der Waals surface area contributed by atoms with Crippen molar-refractivity contribution in [2.24, 2.45) is 0 Å². The van der Waals surface area contributed by atoms with Gasteiger partial charge in [-0.3, -0.25) is 0 Å². The van der Waals surface area contributed by atoms with Crippen LogP contribution in [0.1, 0.15) is 5.56 Å². The van der Waals surface area contributed by atoms with Crippen LogP contribution in [0.3, 0.4) is 0 Å². The SMILES string of the molecule is Fc1cc(Br)cc(Oc2ccc(Br)cc2C(F)(F)F)c1. The van der Waals surface area contributed by atoms with Crippen LogP contribution >= 0.6 is 31.9 Å². The Morgan fingerprint density at radius 3 is 2.20 bits per heavy atom. The summed E-state index contributed by atoms with van der Waals surface area (Å²) in [5, 5.41) is 0. The molecule has 2 aromatic carbocycles. The van der Waals surface area contributed by atoms with E-state index in [9.17, 15) is 17.6 Å². The van der Waals surface area contributed by atoms with Crippen LogP contribution < -0.4 is 4.74 Å². The molecule has 0 saturated carbocycles. The standard InChI is InChI=1S/C13H6Br2F4O/c14-7-1-2-12(11(5-7)13(17,18)19)20-10-4-8(15)3-9(16)6-10/h1-6H. The van der Waals surface area contributed by atoms with Gasteiger partial charge >= 0.3 is 6.18 Å². The first-order chi connectivity index (χ1) is 9.25. The number of benzene rings is 2. The second-order valence-corrected chi connectivity index (χ2v) is 5.68. The van der Waals surface area contributed by atoms with Gasteiger partial charge in [0.15, 0.2) is 0 Å². The summed E-state index contributed by atoms with van der Waals surface area (Å²) in [5.41, 5.74) is -0.938. The van der Waals surface area contributed by atoms with Gasteiger partial charge in [0, 0.05) is 15.0 Å². The summed E-state index contributed by atoms with van der Waals surface area (Å²) in [7, 11) is 0. The van der Waals surface area contributed by atoms with E-state index in [1.165, 1.54) is 24.3 Å². The quantitative estimate of drug-likeness (QED) is 0.535. The third kappa shape index (κ3) is 3.73. The maximum Gasteiger partial charge on any atom is 0.420 e. The number of hydrogen-bond donors (Lipinski definition) is 0. The zero-order valence-corrected chi connectivity index (χ0v) is 12.8. The topological polar surface area (TPSA) is 9.23 Å². The summed E-state index contributed by atoms with van der Waals surface area (Å²) in [4.78, 5) is 0. The molecule has 0 spiro atoms. The van der Waals surface area contributed by atoms with Gasteiger partial charge in [0.1, 0.15) is 17.3 Å². The summed E-state index contributed by atoms with van der Waals surface area (Å²) < 4.78 is 57.7. The molecule has 0 saturated heterocycles. The molecule has 1 nitrogen and oxygen atoms in total. The first kappa shape index (κ1) is 15.3.